The molecule has 2 aromatic rings. The number of benzene rings is 2. The fraction of sp³-hybridized carbons (Fsp3) is 0.235. The first-order chi connectivity index (χ1) is 10.1. The fourth-order valence-electron chi connectivity index (χ4n) is 2.76. The molecule has 4 heteroatoms. The molecule has 0 saturated heterocycles. The maximum Gasteiger partial charge on any atom is 0.310 e. The summed E-state index contributed by atoms with van der Waals surface area (Å²) in [5, 5.41) is 22.4. The van der Waals surface area contributed by atoms with Crippen molar-refractivity contribution < 1.29 is 9.90 Å². The zero-order chi connectivity index (χ0) is 15.0. The standard InChI is InChI=1S/C17H16NO3/c1-11(17(19)20)12-6-8-13(9-7-12)16-10-14-4-2-3-5-15(14)18(16)21/h2-9,11,16H,10H2,1H3,(H,19,20)/q-1. The number of para-hydroxylation sites is 1. The molecule has 0 bridgehead atoms. The molecule has 0 amide bonds. The van der Waals surface area contributed by atoms with Gasteiger partial charge in [0, 0.05) is 11.7 Å². The highest BCUT2D eigenvalue weighted by Gasteiger charge is 2.24. The SMILES string of the molecule is CC(C(=O)O)c1ccc(C2Cc3ccccc3N2[O-])cc1. The smallest absolute Gasteiger partial charge is 0.310 e. The van der Waals surface area contributed by atoms with Gasteiger partial charge in [0.15, 0.2) is 0 Å². The monoisotopic (exact) mass is 282 g/mol. The summed E-state index contributed by atoms with van der Waals surface area (Å²) >= 11 is 0. The lowest BCUT2D eigenvalue weighted by atomic mass is 9.97. The predicted octanol–water partition coefficient (Wildman–Crippen LogP) is 3.48. The third-order valence-corrected chi connectivity index (χ3v) is 4.12. The van der Waals surface area contributed by atoms with Gasteiger partial charge in [-0.2, -0.15) is 0 Å². The van der Waals surface area contributed by atoms with E-state index in [0.29, 0.717) is 6.42 Å². The number of hydrogen-bond acceptors (Lipinski definition) is 3. The van der Waals surface area contributed by atoms with Crippen molar-refractivity contribution in [3.63, 3.8) is 0 Å². The summed E-state index contributed by atoms with van der Waals surface area (Å²) in [6, 6.07) is 14.7. The summed E-state index contributed by atoms with van der Waals surface area (Å²) in [6.07, 6.45) is 0.688. The van der Waals surface area contributed by atoms with Gasteiger partial charge in [-0.05, 0) is 36.1 Å². The quantitative estimate of drug-likeness (QED) is 0.936. The van der Waals surface area contributed by atoms with Crippen molar-refractivity contribution in [1.82, 2.24) is 0 Å². The van der Waals surface area contributed by atoms with Crippen LogP contribution in [0.4, 0.5) is 5.69 Å². The van der Waals surface area contributed by atoms with Crippen LogP contribution in [0, 0.1) is 5.21 Å². The zero-order valence-corrected chi connectivity index (χ0v) is 11.7. The summed E-state index contributed by atoms with van der Waals surface area (Å²) < 4.78 is 0. The first kappa shape index (κ1) is 13.6. The number of fused-ring (bicyclic) bond motifs is 1. The molecule has 1 aliphatic heterocycles. The van der Waals surface area contributed by atoms with E-state index in [1.165, 1.54) is 0 Å². The number of hydrogen-bond donors (Lipinski definition) is 1. The summed E-state index contributed by atoms with van der Waals surface area (Å²) in [4.78, 5) is 11.0. The van der Waals surface area contributed by atoms with E-state index in [4.69, 9.17) is 5.11 Å². The largest absolute Gasteiger partial charge is 0.758 e. The number of hydroxylamine groups is 1. The lowest BCUT2D eigenvalue weighted by molar-refractivity contribution is -0.138. The van der Waals surface area contributed by atoms with Crippen molar-refractivity contribution in [1.29, 1.82) is 0 Å². The van der Waals surface area contributed by atoms with Gasteiger partial charge in [-0.15, -0.1) is 0 Å². The highest BCUT2D eigenvalue weighted by atomic mass is 16.5. The minimum Gasteiger partial charge on any atom is -0.758 e. The highest BCUT2D eigenvalue weighted by Crippen LogP contribution is 2.39. The summed E-state index contributed by atoms with van der Waals surface area (Å²) in [6.45, 7) is 1.66. The molecule has 1 N–H and O–H groups in total. The van der Waals surface area contributed by atoms with Crippen LogP contribution in [0.5, 0.6) is 0 Å². The van der Waals surface area contributed by atoms with Gasteiger partial charge in [-0.3, -0.25) is 4.79 Å². The molecule has 0 radical (unpaired) electrons. The number of nitrogens with zero attached hydrogens (tertiary/aromatic N) is 1. The van der Waals surface area contributed by atoms with Crippen molar-refractivity contribution in [2.45, 2.75) is 25.3 Å². The maximum absolute atomic E-state index is 12.3. The van der Waals surface area contributed by atoms with Crippen LogP contribution >= 0.6 is 0 Å². The Labute approximate surface area is 123 Å². The molecule has 0 aromatic heterocycles. The Balaban J connectivity index is 1.85. The van der Waals surface area contributed by atoms with Crippen LogP contribution in [0.3, 0.4) is 0 Å². The fourth-order valence-corrected chi connectivity index (χ4v) is 2.76. The van der Waals surface area contributed by atoms with E-state index in [2.05, 4.69) is 0 Å². The molecule has 2 unspecified atom stereocenters. The minimum absolute atomic E-state index is 0.225. The van der Waals surface area contributed by atoms with Gasteiger partial charge in [-0.25, -0.2) is 0 Å². The maximum atomic E-state index is 12.3. The average molecular weight is 282 g/mol. The van der Waals surface area contributed by atoms with Gasteiger partial charge < -0.3 is 15.4 Å². The van der Waals surface area contributed by atoms with Gasteiger partial charge >= 0.3 is 5.97 Å². The Morgan fingerprint density at radius 2 is 1.90 bits per heavy atom. The van der Waals surface area contributed by atoms with Crippen molar-refractivity contribution in [3.8, 4) is 0 Å². The van der Waals surface area contributed by atoms with E-state index in [0.717, 1.165) is 27.4 Å². The summed E-state index contributed by atoms with van der Waals surface area (Å²) in [5.41, 5.74) is 3.45. The van der Waals surface area contributed by atoms with Gasteiger partial charge in [0.1, 0.15) is 0 Å². The molecule has 0 aliphatic carbocycles. The second kappa shape index (κ2) is 5.22. The highest BCUT2D eigenvalue weighted by molar-refractivity contribution is 5.75. The molecular formula is C17H16NO3-. The summed E-state index contributed by atoms with van der Waals surface area (Å²) in [5.74, 6) is -1.38. The Hall–Kier alpha value is -2.33. The number of carbonyl (C=O) groups is 1. The van der Waals surface area contributed by atoms with E-state index in [1.807, 2.05) is 36.4 Å². The number of anilines is 1. The van der Waals surface area contributed by atoms with Crippen molar-refractivity contribution in [2.75, 3.05) is 5.06 Å². The first-order valence-electron chi connectivity index (χ1n) is 6.95. The normalized spacial score (nSPS) is 18.4. The van der Waals surface area contributed by atoms with Crippen molar-refractivity contribution >= 4 is 11.7 Å². The summed E-state index contributed by atoms with van der Waals surface area (Å²) in [7, 11) is 0. The van der Waals surface area contributed by atoms with Crippen LogP contribution in [-0.4, -0.2) is 11.1 Å². The Bertz CT molecular complexity index is 666. The van der Waals surface area contributed by atoms with E-state index >= 15 is 0 Å². The van der Waals surface area contributed by atoms with Gasteiger partial charge in [0.2, 0.25) is 0 Å². The van der Waals surface area contributed by atoms with E-state index in [-0.39, 0.29) is 6.04 Å². The molecule has 1 heterocycles. The lowest BCUT2D eigenvalue weighted by Crippen LogP contribution is -2.17. The molecule has 4 nitrogen and oxygen atoms in total. The molecule has 1 aliphatic rings. The van der Waals surface area contributed by atoms with Crippen LogP contribution in [0.15, 0.2) is 48.5 Å². The second-order valence-corrected chi connectivity index (χ2v) is 5.40. The Kier molecular flexibility index (Phi) is 3.39. The zero-order valence-electron chi connectivity index (χ0n) is 11.7. The van der Waals surface area contributed by atoms with Crippen LogP contribution in [0.2, 0.25) is 0 Å². The molecule has 2 atom stereocenters. The Morgan fingerprint density at radius 3 is 2.52 bits per heavy atom. The average Bonchev–Trinajstić information content (AvgIpc) is 2.84. The molecule has 0 saturated carbocycles. The molecule has 3 rings (SSSR count). The molecule has 0 spiro atoms. The lowest BCUT2D eigenvalue weighted by Gasteiger charge is -2.33. The third kappa shape index (κ3) is 2.38. The van der Waals surface area contributed by atoms with Crippen molar-refractivity contribution in [3.05, 3.63) is 70.4 Å². The van der Waals surface area contributed by atoms with E-state index in [1.54, 1.807) is 19.1 Å². The number of aliphatic carboxylic acids is 1. The topological polar surface area (TPSA) is 63.6 Å². The van der Waals surface area contributed by atoms with E-state index < -0.39 is 11.9 Å². The third-order valence-electron chi connectivity index (χ3n) is 4.12. The van der Waals surface area contributed by atoms with Gasteiger partial charge in [0.05, 0.1) is 5.92 Å². The molecular weight excluding hydrogens is 266 g/mol. The molecule has 108 valence electrons. The van der Waals surface area contributed by atoms with Gasteiger partial charge in [0.25, 0.3) is 0 Å². The number of rotatable bonds is 3. The van der Waals surface area contributed by atoms with Crippen LogP contribution in [0.1, 0.15) is 35.6 Å². The molecule has 21 heavy (non-hydrogen) atoms. The second-order valence-electron chi connectivity index (χ2n) is 5.40. The van der Waals surface area contributed by atoms with Gasteiger partial charge in [-0.1, -0.05) is 42.5 Å². The van der Waals surface area contributed by atoms with Crippen LogP contribution in [-0.2, 0) is 11.2 Å². The predicted molar refractivity (Wildman–Crippen MR) is 81.2 cm³/mol. The van der Waals surface area contributed by atoms with Crippen molar-refractivity contribution in [2.24, 2.45) is 0 Å². The van der Waals surface area contributed by atoms with E-state index in [9.17, 15) is 10.0 Å². The number of carboxylic acid groups (broad SMARTS) is 1. The van der Waals surface area contributed by atoms with Crippen LogP contribution < -0.4 is 5.06 Å². The minimum atomic E-state index is -0.846. The Morgan fingerprint density at radius 1 is 1.24 bits per heavy atom. The molecule has 2 aromatic carbocycles. The molecule has 0 fully saturated rings. The van der Waals surface area contributed by atoms with Crippen LogP contribution in [0.25, 0.3) is 0 Å². The first-order valence-corrected chi connectivity index (χ1v) is 6.95. The number of carboxylic acids is 1.